The minimum Gasteiger partial charge on any atom is -0.393 e. The lowest BCUT2D eigenvalue weighted by atomic mass is 10.1. The molecular formula is C7H15NO. The van der Waals surface area contributed by atoms with Crippen LogP contribution in [0.5, 0.6) is 0 Å². The van der Waals surface area contributed by atoms with Gasteiger partial charge >= 0.3 is 0 Å². The molecule has 0 saturated carbocycles. The van der Waals surface area contributed by atoms with Gasteiger partial charge in [0.05, 0.1) is 6.10 Å². The largest absolute Gasteiger partial charge is 0.393 e. The highest BCUT2D eigenvalue weighted by molar-refractivity contribution is 4.75. The van der Waals surface area contributed by atoms with Gasteiger partial charge in [0.2, 0.25) is 0 Å². The van der Waals surface area contributed by atoms with Crippen molar-refractivity contribution in [3.8, 4) is 0 Å². The molecule has 2 heteroatoms. The molecule has 1 heterocycles. The first-order chi connectivity index (χ1) is 4.29. The van der Waals surface area contributed by atoms with Crippen molar-refractivity contribution in [2.24, 2.45) is 0 Å². The van der Waals surface area contributed by atoms with Crippen molar-refractivity contribution in [1.82, 2.24) is 5.32 Å². The van der Waals surface area contributed by atoms with E-state index in [2.05, 4.69) is 5.32 Å². The molecule has 2 nitrogen and oxygen atoms in total. The molecule has 1 fully saturated rings. The first-order valence-electron chi connectivity index (χ1n) is 3.70. The monoisotopic (exact) mass is 129 g/mol. The van der Waals surface area contributed by atoms with Crippen LogP contribution in [0.2, 0.25) is 0 Å². The van der Waals surface area contributed by atoms with Crippen LogP contribution in [0.1, 0.15) is 26.2 Å². The van der Waals surface area contributed by atoms with Crippen molar-refractivity contribution in [1.29, 1.82) is 0 Å². The van der Waals surface area contributed by atoms with Crippen molar-refractivity contribution >= 4 is 0 Å². The second-order valence-electron chi connectivity index (χ2n) is 2.88. The highest BCUT2D eigenvalue weighted by Gasteiger charge is 2.14. The fourth-order valence-electron chi connectivity index (χ4n) is 1.37. The summed E-state index contributed by atoms with van der Waals surface area (Å²) in [4.78, 5) is 0. The minimum atomic E-state index is -0.138. The maximum Gasteiger partial charge on any atom is 0.0526 e. The molecule has 0 spiro atoms. The fraction of sp³-hybridized carbons (Fsp3) is 1.00. The molecule has 0 aromatic heterocycles. The predicted molar refractivity (Wildman–Crippen MR) is 37.3 cm³/mol. The van der Waals surface area contributed by atoms with E-state index in [1.165, 1.54) is 12.8 Å². The molecule has 1 saturated heterocycles. The predicted octanol–water partition coefficient (Wildman–Crippen LogP) is 0.509. The summed E-state index contributed by atoms with van der Waals surface area (Å²) in [6.45, 7) is 2.98. The molecular weight excluding hydrogens is 114 g/mol. The van der Waals surface area contributed by atoms with Gasteiger partial charge in [-0.05, 0) is 32.7 Å². The molecule has 0 bridgehead atoms. The minimum absolute atomic E-state index is 0.138. The fourth-order valence-corrected chi connectivity index (χ4v) is 1.37. The first-order valence-corrected chi connectivity index (χ1v) is 3.70. The van der Waals surface area contributed by atoms with Crippen LogP contribution in [0.15, 0.2) is 0 Å². The van der Waals surface area contributed by atoms with E-state index in [0.29, 0.717) is 6.04 Å². The normalized spacial score (nSPS) is 30.7. The Bertz CT molecular complexity index is 77.0. The van der Waals surface area contributed by atoms with E-state index in [9.17, 15) is 0 Å². The molecule has 2 N–H and O–H groups in total. The summed E-state index contributed by atoms with van der Waals surface area (Å²) in [6.07, 6.45) is 3.29. The van der Waals surface area contributed by atoms with Crippen molar-refractivity contribution in [3.05, 3.63) is 0 Å². The van der Waals surface area contributed by atoms with Crippen molar-refractivity contribution in [3.63, 3.8) is 0 Å². The second kappa shape index (κ2) is 3.18. The molecule has 0 amide bonds. The van der Waals surface area contributed by atoms with Crippen LogP contribution in [0.25, 0.3) is 0 Å². The Morgan fingerprint density at radius 2 is 2.56 bits per heavy atom. The molecule has 54 valence electrons. The van der Waals surface area contributed by atoms with Crippen LogP contribution in [0.3, 0.4) is 0 Å². The van der Waals surface area contributed by atoms with Crippen LogP contribution in [0, 0.1) is 0 Å². The summed E-state index contributed by atoms with van der Waals surface area (Å²) in [5.41, 5.74) is 0. The Hall–Kier alpha value is -0.0800. The van der Waals surface area contributed by atoms with Gasteiger partial charge in [-0.1, -0.05) is 0 Å². The van der Waals surface area contributed by atoms with E-state index in [1.807, 2.05) is 6.92 Å². The average Bonchev–Trinajstić information content (AvgIpc) is 2.15. The van der Waals surface area contributed by atoms with Gasteiger partial charge in [0, 0.05) is 6.04 Å². The van der Waals surface area contributed by atoms with Gasteiger partial charge in [0.15, 0.2) is 0 Å². The Balaban J connectivity index is 2.11. The quantitative estimate of drug-likeness (QED) is 0.569. The van der Waals surface area contributed by atoms with E-state index in [0.717, 1.165) is 13.0 Å². The van der Waals surface area contributed by atoms with Crippen LogP contribution in [-0.2, 0) is 0 Å². The third-order valence-corrected chi connectivity index (χ3v) is 1.79. The van der Waals surface area contributed by atoms with Crippen LogP contribution in [0.4, 0.5) is 0 Å². The number of rotatable bonds is 2. The van der Waals surface area contributed by atoms with Gasteiger partial charge in [0.25, 0.3) is 0 Å². The Kier molecular flexibility index (Phi) is 2.49. The summed E-state index contributed by atoms with van der Waals surface area (Å²) in [7, 11) is 0. The second-order valence-corrected chi connectivity index (χ2v) is 2.88. The van der Waals surface area contributed by atoms with Gasteiger partial charge in [0.1, 0.15) is 0 Å². The van der Waals surface area contributed by atoms with Crippen molar-refractivity contribution in [2.75, 3.05) is 6.54 Å². The molecule has 0 radical (unpaired) electrons. The molecule has 1 aliphatic rings. The van der Waals surface area contributed by atoms with Crippen LogP contribution >= 0.6 is 0 Å². The lowest BCUT2D eigenvalue weighted by Gasteiger charge is -2.10. The molecule has 2 atom stereocenters. The van der Waals surface area contributed by atoms with E-state index in [4.69, 9.17) is 5.11 Å². The topological polar surface area (TPSA) is 32.3 Å². The summed E-state index contributed by atoms with van der Waals surface area (Å²) in [5, 5.41) is 12.3. The highest BCUT2D eigenvalue weighted by atomic mass is 16.3. The molecule has 0 aliphatic carbocycles. The third kappa shape index (κ3) is 2.33. The van der Waals surface area contributed by atoms with Gasteiger partial charge in [-0.15, -0.1) is 0 Å². The van der Waals surface area contributed by atoms with Crippen molar-refractivity contribution < 1.29 is 5.11 Å². The lowest BCUT2D eigenvalue weighted by Crippen LogP contribution is -2.25. The van der Waals surface area contributed by atoms with E-state index < -0.39 is 0 Å². The third-order valence-electron chi connectivity index (χ3n) is 1.79. The lowest BCUT2D eigenvalue weighted by molar-refractivity contribution is 0.171. The standard InChI is InChI=1S/C7H15NO/c1-6(9)5-7-3-2-4-8-7/h6-9H,2-5H2,1H3/t6-,7-/m0/s1. The van der Waals surface area contributed by atoms with Gasteiger partial charge in [-0.2, -0.15) is 0 Å². The highest BCUT2D eigenvalue weighted by Crippen LogP contribution is 2.09. The molecule has 0 aromatic carbocycles. The van der Waals surface area contributed by atoms with E-state index in [-0.39, 0.29) is 6.10 Å². The zero-order valence-corrected chi connectivity index (χ0v) is 5.93. The van der Waals surface area contributed by atoms with Crippen LogP contribution in [-0.4, -0.2) is 23.8 Å². The smallest absolute Gasteiger partial charge is 0.0526 e. The number of nitrogens with one attached hydrogen (secondary N) is 1. The number of hydrogen-bond acceptors (Lipinski definition) is 2. The van der Waals surface area contributed by atoms with Gasteiger partial charge < -0.3 is 10.4 Å². The first kappa shape index (κ1) is 7.03. The summed E-state index contributed by atoms with van der Waals surface area (Å²) in [5.74, 6) is 0. The average molecular weight is 129 g/mol. The summed E-state index contributed by atoms with van der Waals surface area (Å²) in [6, 6.07) is 0.588. The number of aliphatic hydroxyl groups is 1. The molecule has 9 heavy (non-hydrogen) atoms. The van der Waals surface area contributed by atoms with E-state index in [1.54, 1.807) is 0 Å². The Morgan fingerprint density at radius 1 is 1.78 bits per heavy atom. The van der Waals surface area contributed by atoms with E-state index >= 15 is 0 Å². The number of aliphatic hydroxyl groups excluding tert-OH is 1. The van der Waals surface area contributed by atoms with Crippen molar-refractivity contribution in [2.45, 2.75) is 38.3 Å². The summed E-state index contributed by atoms with van der Waals surface area (Å²) < 4.78 is 0. The molecule has 1 aliphatic heterocycles. The van der Waals surface area contributed by atoms with Gasteiger partial charge in [-0.25, -0.2) is 0 Å². The zero-order chi connectivity index (χ0) is 6.69. The SMILES string of the molecule is C[C@H](O)C[C@@H]1CCCN1. The Morgan fingerprint density at radius 3 is 3.00 bits per heavy atom. The maximum atomic E-state index is 8.97. The summed E-state index contributed by atoms with van der Waals surface area (Å²) >= 11 is 0. The number of hydrogen-bond donors (Lipinski definition) is 2. The molecule has 0 unspecified atom stereocenters. The van der Waals surface area contributed by atoms with Crippen LogP contribution < -0.4 is 5.32 Å². The zero-order valence-electron chi connectivity index (χ0n) is 5.93. The molecule has 1 rings (SSSR count). The maximum absolute atomic E-state index is 8.97. The molecule has 0 aromatic rings. The Labute approximate surface area is 56.3 Å². The van der Waals surface area contributed by atoms with Gasteiger partial charge in [-0.3, -0.25) is 0 Å².